The van der Waals surface area contributed by atoms with Crippen LogP contribution in [-0.4, -0.2) is 34.5 Å². The Labute approximate surface area is 199 Å². The van der Waals surface area contributed by atoms with Crippen LogP contribution in [0.1, 0.15) is 34.2 Å². The molecule has 4 N–H and O–H groups in total. The first kappa shape index (κ1) is 23.3. The van der Waals surface area contributed by atoms with Gasteiger partial charge in [0.05, 0.1) is 6.42 Å². The van der Waals surface area contributed by atoms with Crippen molar-refractivity contribution in [1.29, 1.82) is 0 Å². The normalized spacial score (nSPS) is 15.6. The molecular formula is C28H29N3O3. The van der Waals surface area contributed by atoms with Crippen molar-refractivity contribution in [3.05, 3.63) is 101 Å². The molecule has 0 fully saturated rings. The summed E-state index contributed by atoms with van der Waals surface area (Å²) in [5.74, 6) is -1.19. The molecule has 1 aliphatic rings. The summed E-state index contributed by atoms with van der Waals surface area (Å²) in [6.45, 7) is 1.48. The van der Waals surface area contributed by atoms with E-state index in [0.29, 0.717) is 26.1 Å². The minimum atomic E-state index is -1.01. The van der Waals surface area contributed by atoms with Gasteiger partial charge in [0.2, 0.25) is 5.91 Å². The van der Waals surface area contributed by atoms with Crippen LogP contribution in [0, 0.1) is 0 Å². The van der Waals surface area contributed by atoms with Crippen molar-refractivity contribution in [3.63, 3.8) is 0 Å². The molecule has 34 heavy (non-hydrogen) atoms. The Kier molecular flexibility index (Phi) is 7.40. The van der Waals surface area contributed by atoms with Gasteiger partial charge < -0.3 is 21.1 Å². The molecule has 174 valence electrons. The Hall–Kier alpha value is -3.90. The lowest BCUT2D eigenvalue weighted by Gasteiger charge is -2.24. The standard InChI is InChI=1S/C28H29N3O3/c29-18-23-10-7-21(8-11-23)6-9-22-12-13-24-19-31(15-14-20-4-2-1-3-5-20)28(34)26(17-27(32)33)30-25(24)16-22/h1-13,16,26,30H,14-15,17-19,29H2,(H,32,33)/t26-/m1/s1. The van der Waals surface area contributed by atoms with Crippen molar-refractivity contribution in [2.24, 2.45) is 5.73 Å². The molecule has 0 aliphatic carbocycles. The molecule has 4 rings (SSSR count). The number of amides is 1. The van der Waals surface area contributed by atoms with Crippen LogP contribution in [0.25, 0.3) is 12.2 Å². The van der Waals surface area contributed by atoms with Crippen molar-refractivity contribution in [3.8, 4) is 0 Å². The molecule has 3 aromatic carbocycles. The fourth-order valence-electron chi connectivity index (χ4n) is 4.09. The fourth-order valence-corrected chi connectivity index (χ4v) is 4.09. The van der Waals surface area contributed by atoms with E-state index in [1.165, 1.54) is 0 Å². The summed E-state index contributed by atoms with van der Waals surface area (Å²) in [6.07, 6.45) is 4.47. The van der Waals surface area contributed by atoms with Gasteiger partial charge in [-0.1, -0.05) is 78.9 Å². The summed E-state index contributed by atoms with van der Waals surface area (Å²) >= 11 is 0. The average Bonchev–Trinajstić information content (AvgIpc) is 2.98. The first-order valence-electron chi connectivity index (χ1n) is 11.4. The number of rotatable bonds is 8. The topological polar surface area (TPSA) is 95.7 Å². The van der Waals surface area contributed by atoms with Gasteiger partial charge in [0, 0.05) is 25.3 Å². The Morgan fingerprint density at radius 2 is 1.71 bits per heavy atom. The summed E-state index contributed by atoms with van der Waals surface area (Å²) in [6, 6.07) is 23.2. The number of aliphatic carboxylic acids is 1. The van der Waals surface area contributed by atoms with Crippen molar-refractivity contribution < 1.29 is 14.7 Å². The van der Waals surface area contributed by atoms with Crippen molar-refractivity contribution in [1.82, 2.24) is 4.90 Å². The molecule has 6 nitrogen and oxygen atoms in total. The smallest absolute Gasteiger partial charge is 0.305 e. The van der Waals surface area contributed by atoms with E-state index in [0.717, 1.165) is 33.5 Å². The zero-order chi connectivity index (χ0) is 23.9. The van der Waals surface area contributed by atoms with Gasteiger partial charge in [-0.05, 0) is 40.3 Å². The van der Waals surface area contributed by atoms with E-state index < -0.39 is 12.0 Å². The minimum absolute atomic E-state index is 0.188. The van der Waals surface area contributed by atoms with Crippen molar-refractivity contribution >= 4 is 29.7 Å². The maximum absolute atomic E-state index is 13.2. The Morgan fingerprint density at radius 3 is 2.41 bits per heavy atom. The summed E-state index contributed by atoms with van der Waals surface area (Å²) < 4.78 is 0. The number of nitrogens with zero attached hydrogens (tertiary/aromatic N) is 1. The predicted octanol–water partition coefficient (Wildman–Crippen LogP) is 4.16. The van der Waals surface area contributed by atoms with Crippen LogP contribution >= 0.6 is 0 Å². The average molecular weight is 456 g/mol. The van der Waals surface area contributed by atoms with E-state index in [1.54, 1.807) is 4.90 Å². The molecule has 3 aromatic rings. The van der Waals surface area contributed by atoms with Gasteiger partial charge in [-0.2, -0.15) is 0 Å². The highest BCUT2D eigenvalue weighted by Crippen LogP contribution is 2.27. The van der Waals surface area contributed by atoms with Gasteiger partial charge >= 0.3 is 5.97 Å². The lowest BCUT2D eigenvalue weighted by molar-refractivity contribution is -0.141. The maximum Gasteiger partial charge on any atom is 0.305 e. The zero-order valence-electron chi connectivity index (χ0n) is 19.0. The molecule has 1 aliphatic heterocycles. The number of fused-ring (bicyclic) bond motifs is 1. The highest BCUT2D eigenvalue weighted by Gasteiger charge is 2.30. The van der Waals surface area contributed by atoms with Crippen LogP contribution in [0.15, 0.2) is 72.8 Å². The summed E-state index contributed by atoms with van der Waals surface area (Å²) in [7, 11) is 0. The second kappa shape index (κ2) is 10.8. The molecule has 1 atom stereocenters. The van der Waals surface area contributed by atoms with E-state index in [2.05, 4.69) is 5.32 Å². The van der Waals surface area contributed by atoms with Crippen LogP contribution in [0.3, 0.4) is 0 Å². The fraction of sp³-hybridized carbons (Fsp3) is 0.214. The molecule has 0 saturated carbocycles. The summed E-state index contributed by atoms with van der Waals surface area (Å²) in [4.78, 5) is 26.4. The van der Waals surface area contributed by atoms with Crippen molar-refractivity contribution in [2.45, 2.75) is 32.0 Å². The molecule has 1 heterocycles. The summed E-state index contributed by atoms with van der Waals surface area (Å²) in [5, 5.41) is 12.6. The lowest BCUT2D eigenvalue weighted by Crippen LogP contribution is -2.42. The van der Waals surface area contributed by atoms with Gasteiger partial charge in [-0.25, -0.2) is 0 Å². The first-order valence-corrected chi connectivity index (χ1v) is 11.4. The number of carbonyl (C=O) groups excluding carboxylic acids is 1. The highest BCUT2D eigenvalue weighted by molar-refractivity contribution is 5.90. The van der Waals surface area contributed by atoms with Gasteiger partial charge in [0.1, 0.15) is 6.04 Å². The Bertz CT molecular complexity index is 1170. The molecule has 0 aromatic heterocycles. The lowest BCUT2D eigenvalue weighted by atomic mass is 10.1. The third kappa shape index (κ3) is 5.91. The van der Waals surface area contributed by atoms with Crippen LogP contribution in [0.5, 0.6) is 0 Å². The molecule has 0 radical (unpaired) electrons. The van der Waals surface area contributed by atoms with Gasteiger partial charge in [-0.15, -0.1) is 0 Å². The van der Waals surface area contributed by atoms with Gasteiger partial charge in [-0.3, -0.25) is 9.59 Å². The number of nitrogens with one attached hydrogen (secondary N) is 1. The van der Waals surface area contributed by atoms with E-state index in [1.807, 2.05) is 84.9 Å². The molecule has 6 heteroatoms. The SMILES string of the molecule is NCc1ccc(C=Cc2ccc3c(c2)N[C@H](CC(=O)O)C(=O)N(CCc2ccccc2)C3)cc1. The number of anilines is 1. The van der Waals surface area contributed by atoms with Gasteiger partial charge in [0.15, 0.2) is 0 Å². The monoisotopic (exact) mass is 455 g/mol. The Morgan fingerprint density at radius 1 is 1.00 bits per heavy atom. The third-order valence-corrected chi connectivity index (χ3v) is 6.01. The second-order valence-corrected chi connectivity index (χ2v) is 8.49. The van der Waals surface area contributed by atoms with E-state index in [9.17, 15) is 14.7 Å². The molecular weight excluding hydrogens is 426 g/mol. The van der Waals surface area contributed by atoms with Crippen LogP contribution < -0.4 is 11.1 Å². The minimum Gasteiger partial charge on any atom is -0.481 e. The second-order valence-electron chi connectivity index (χ2n) is 8.49. The number of carboxylic acids is 1. The molecule has 0 saturated heterocycles. The quantitative estimate of drug-likeness (QED) is 0.444. The zero-order valence-corrected chi connectivity index (χ0v) is 19.0. The van der Waals surface area contributed by atoms with Gasteiger partial charge in [0.25, 0.3) is 0 Å². The number of hydrogen-bond donors (Lipinski definition) is 3. The Balaban J connectivity index is 1.55. The van der Waals surface area contributed by atoms with Crippen LogP contribution in [0.4, 0.5) is 5.69 Å². The predicted molar refractivity (Wildman–Crippen MR) is 135 cm³/mol. The van der Waals surface area contributed by atoms with E-state index >= 15 is 0 Å². The van der Waals surface area contributed by atoms with E-state index in [4.69, 9.17) is 5.73 Å². The molecule has 0 bridgehead atoms. The third-order valence-electron chi connectivity index (χ3n) is 6.01. The molecule has 0 unspecified atom stereocenters. The van der Waals surface area contributed by atoms with E-state index in [-0.39, 0.29) is 12.3 Å². The number of carboxylic acid groups (broad SMARTS) is 1. The largest absolute Gasteiger partial charge is 0.481 e. The summed E-state index contributed by atoms with van der Waals surface area (Å²) in [5.41, 5.74) is 11.7. The van der Waals surface area contributed by atoms with Crippen LogP contribution in [0.2, 0.25) is 0 Å². The van der Waals surface area contributed by atoms with Crippen molar-refractivity contribution in [2.75, 3.05) is 11.9 Å². The van der Waals surface area contributed by atoms with Crippen LogP contribution in [-0.2, 0) is 29.1 Å². The maximum atomic E-state index is 13.2. The molecule has 0 spiro atoms. The molecule has 1 amide bonds. The number of hydrogen-bond acceptors (Lipinski definition) is 4. The number of benzene rings is 3. The highest BCUT2D eigenvalue weighted by atomic mass is 16.4. The number of carbonyl (C=O) groups is 2. The first-order chi connectivity index (χ1) is 16.5. The number of nitrogens with two attached hydrogens (primary N) is 1.